The van der Waals surface area contributed by atoms with Crippen molar-refractivity contribution in [3.8, 4) is 0 Å². The predicted molar refractivity (Wildman–Crippen MR) is 102 cm³/mol. The maximum Gasteiger partial charge on any atom is 0.240 e. The number of aliphatic carboxylic acids is 1. The molecule has 1 unspecified atom stereocenters. The molecular formula is C20H21ClNO4S-. The van der Waals surface area contributed by atoms with Crippen LogP contribution in [-0.2, 0) is 34.1 Å². The summed E-state index contributed by atoms with van der Waals surface area (Å²) in [5.74, 6) is -0.615. The molecule has 0 spiro atoms. The third-order valence-corrected chi connectivity index (χ3v) is 6.57. The van der Waals surface area contributed by atoms with Crippen LogP contribution in [0.4, 0.5) is 0 Å². The molecule has 0 aromatic heterocycles. The summed E-state index contributed by atoms with van der Waals surface area (Å²) < 4.78 is 27.1. The van der Waals surface area contributed by atoms with Crippen LogP contribution in [-0.4, -0.2) is 20.9 Å². The largest absolute Gasteiger partial charge is 0.550 e. The zero-order chi connectivity index (χ0) is 19.4. The molecule has 144 valence electrons. The molecule has 0 saturated carbocycles. The topological polar surface area (TPSA) is 86.3 Å². The second-order valence-corrected chi connectivity index (χ2v) is 9.12. The van der Waals surface area contributed by atoms with Gasteiger partial charge in [0.2, 0.25) is 10.0 Å². The number of benzene rings is 2. The second kappa shape index (κ2) is 8.42. The molecule has 2 aromatic rings. The van der Waals surface area contributed by atoms with E-state index < -0.39 is 16.0 Å². The smallest absolute Gasteiger partial charge is 0.240 e. The van der Waals surface area contributed by atoms with E-state index in [1.54, 1.807) is 12.1 Å². The summed E-state index contributed by atoms with van der Waals surface area (Å²) in [5.41, 5.74) is 3.22. The highest BCUT2D eigenvalue weighted by molar-refractivity contribution is 7.89. The van der Waals surface area contributed by atoms with Crippen molar-refractivity contribution in [2.75, 3.05) is 6.54 Å². The number of hydrogen-bond acceptors (Lipinski definition) is 4. The van der Waals surface area contributed by atoms with Crippen molar-refractivity contribution in [2.24, 2.45) is 5.92 Å². The Labute approximate surface area is 164 Å². The van der Waals surface area contributed by atoms with Crippen molar-refractivity contribution < 1.29 is 18.3 Å². The van der Waals surface area contributed by atoms with E-state index in [1.165, 1.54) is 23.3 Å². The Morgan fingerprint density at radius 2 is 1.81 bits per heavy atom. The molecule has 0 fully saturated rings. The number of hydrogen-bond donors (Lipinski definition) is 1. The van der Waals surface area contributed by atoms with Gasteiger partial charge in [-0.3, -0.25) is 0 Å². The fourth-order valence-corrected chi connectivity index (χ4v) is 4.74. The first kappa shape index (κ1) is 19.9. The molecule has 27 heavy (non-hydrogen) atoms. The van der Waals surface area contributed by atoms with E-state index in [2.05, 4.69) is 4.72 Å². The highest BCUT2D eigenvalue weighted by Crippen LogP contribution is 2.30. The average Bonchev–Trinajstić information content (AvgIpc) is 3.00. The minimum absolute atomic E-state index is 0.0651. The normalized spacial score (nSPS) is 16.3. The number of carbonyl (C=O) groups excluding carboxylic acids is 1. The third-order valence-electron chi connectivity index (χ3n) is 4.84. The Kier molecular flexibility index (Phi) is 6.19. The first-order valence-corrected chi connectivity index (χ1v) is 10.8. The lowest BCUT2D eigenvalue weighted by Crippen LogP contribution is -2.25. The van der Waals surface area contributed by atoms with Crippen molar-refractivity contribution in [1.29, 1.82) is 0 Å². The summed E-state index contributed by atoms with van der Waals surface area (Å²) in [6.45, 7) is 0.383. The molecule has 7 heteroatoms. The highest BCUT2D eigenvalue weighted by Gasteiger charge is 2.21. The van der Waals surface area contributed by atoms with Gasteiger partial charge in [0, 0.05) is 24.0 Å². The lowest BCUT2D eigenvalue weighted by atomic mass is 10.0. The number of carbonyl (C=O) groups is 1. The van der Waals surface area contributed by atoms with Gasteiger partial charge >= 0.3 is 0 Å². The van der Waals surface area contributed by atoms with Gasteiger partial charge in [-0.05, 0) is 72.6 Å². The Morgan fingerprint density at radius 1 is 1.11 bits per heavy atom. The van der Waals surface area contributed by atoms with Gasteiger partial charge in [-0.2, -0.15) is 0 Å². The number of carboxylic acid groups (broad SMARTS) is 1. The number of fused-ring (bicyclic) bond motifs is 1. The van der Waals surface area contributed by atoms with Crippen LogP contribution >= 0.6 is 11.6 Å². The van der Waals surface area contributed by atoms with Crippen LogP contribution in [0.5, 0.6) is 0 Å². The number of sulfonamides is 1. The fraction of sp³-hybridized carbons (Fsp3) is 0.350. The van der Waals surface area contributed by atoms with Gasteiger partial charge in [0.25, 0.3) is 0 Å². The quantitative estimate of drug-likeness (QED) is 0.680. The minimum atomic E-state index is -3.51. The van der Waals surface area contributed by atoms with Gasteiger partial charge in [0.15, 0.2) is 0 Å². The minimum Gasteiger partial charge on any atom is -0.550 e. The van der Waals surface area contributed by atoms with E-state index in [-0.39, 0.29) is 11.3 Å². The highest BCUT2D eigenvalue weighted by atomic mass is 35.5. The molecule has 0 heterocycles. The molecule has 0 aliphatic heterocycles. The summed E-state index contributed by atoms with van der Waals surface area (Å²) in [7, 11) is -3.51. The Hall–Kier alpha value is -1.89. The van der Waals surface area contributed by atoms with E-state index >= 15 is 0 Å². The molecular weight excluding hydrogens is 386 g/mol. The summed E-state index contributed by atoms with van der Waals surface area (Å²) in [6.07, 6.45) is 3.44. The van der Waals surface area contributed by atoms with Crippen LogP contribution in [0.15, 0.2) is 47.4 Å². The van der Waals surface area contributed by atoms with Crippen molar-refractivity contribution in [2.45, 2.75) is 37.0 Å². The van der Waals surface area contributed by atoms with Crippen molar-refractivity contribution >= 4 is 27.6 Å². The first-order chi connectivity index (χ1) is 12.8. The van der Waals surface area contributed by atoms with E-state index in [0.717, 1.165) is 31.2 Å². The van der Waals surface area contributed by atoms with E-state index in [9.17, 15) is 18.3 Å². The standard InChI is InChI=1S/C20H22ClNO4S/c21-18-5-7-19(8-6-18)27(25,26)22-9-1-2-14-10-16-4-3-15(13-20(23)24)12-17(16)11-14/h3-8,12,14,22H,1-2,9-11,13H2,(H,23,24)/p-1. The Balaban J connectivity index is 1.47. The van der Waals surface area contributed by atoms with Gasteiger partial charge in [0.05, 0.1) is 4.90 Å². The maximum absolute atomic E-state index is 12.2. The lowest BCUT2D eigenvalue weighted by molar-refractivity contribution is -0.304. The summed E-state index contributed by atoms with van der Waals surface area (Å²) in [6, 6.07) is 11.9. The first-order valence-electron chi connectivity index (χ1n) is 8.89. The monoisotopic (exact) mass is 406 g/mol. The molecule has 0 bridgehead atoms. The summed E-state index contributed by atoms with van der Waals surface area (Å²) in [4.78, 5) is 10.9. The maximum atomic E-state index is 12.2. The summed E-state index contributed by atoms with van der Waals surface area (Å²) in [5, 5.41) is 11.2. The predicted octanol–water partition coefficient (Wildman–Crippen LogP) is 2.11. The van der Waals surface area contributed by atoms with Gasteiger partial charge in [-0.15, -0.1) is 0 Å². The third kappa shape index (κ3) is 5.31. The number of rotatable bonds is 8. The van der Waals surface area contributed by atoms with Gasteiger partial charge in [-0.25, -0.2) is 13.1 Å². The number of halogens is 1. The van der Waals surface area contributed by atoms with Crippen LogP contribution in [0.25, 0.3) is 0 Å². The lowest BCUT2D eigenvalue weighted by Gasteiger charge is -2.10. The number of carboxylic acids is 1. The van der Waals surface area contributed by atoms with E-state index in [4.69, 9.17) is 11.6 Å². The van der Waals surface area contributed by atoms with Crippen LogP contribution in [0.3, 0.4) is 0 Å². The van der Waals surface area contributed by atoms with Crippen LogP contribution in [0.2, 0.25) is 5.02 Å². The molecule has 3 rings (SSSR count). The molecule has 1 aliphatic rings. The van der Waals surface area contributed by atoms with Gasteiger partial charge < -0.3 is 9.90 Å². The van der Waals surface area contributed by atoms with Crippen LogP contribution < -0.4 is 9.83 Å². The van der Waals surface area contributed by atoms with Gasteiger partial charge in [0.1, 0.15) is 0 Å². The SMILES string of the molecule is O=C([O-])Cc1ccc2c(c1)CC(CCCNS(=O)(=O)c1ccc(Cl)cc1)C2. The van der Waals surface area contributed by atoms with E-state index in [0.29, 0.717) is 17.5 Å². The fourth-order valence-electron chi connectivity index (χ4n) is 3.54. The molecule has 0 radical (unpaired) electrons. The Bertz CT molecular complexity index is 925. The Morgan fingerprint density at radius 3 is 2.52 bits per heavy atom. The van der Waals surface area contributed by atoms with Gasteiger partial charge in [-0.1, -0.05) is 29.8 Å². The molecule has 1 atom stereocenters. The molecule has 2 aromatic carbocycles. The van der Waals surface area contributed by atoms with Crippen LogP contribution in [0.1, 0.15) is 29.5 Å². The van der Waals surface area contributed by atoms with Crippen LogP contribution in [0, 0.1) is 5.92 Å². The van der Waals surface area contributed by atoms with E-state index in [1.807, 2.05) is 18.2 Å². The summed E-state index contributed by atoms with van der Waals surface area (Å²) >= 11 is 5.79. The zero-order valence-electron chi connectivity index (χ0n) is 14.8. The number of nitrogens with one attached hydrogen (secondary N) is 1. The molecule has 5 nitrogen and oxygen atoms in total. The van der Waals surface area contributed by atoms with Crippen molar-refractivity contribution in [1.82, 2.24) is 4.72 Å². The second-order valence-electron chi connectivity index (χ2n) is 6.92. The molecule has 1 N–H and O–H groups in total. The average molecular weight is 407 g/mol. The van der Waals surface area contributed by atoms with Crippen molar-refractivity contribution in [3.63, 3.8) is 0 Å². The molecule has 1 aliphatic carbocycles. The zero-order valence-corrected chi connectivity index (χ0v) is 16.4. The molecule has 0 amide bonds. The van der Waals surface area contributed by atoms with Crippen molar-refractivity contribution in [3.05, 3.63) is 64.2 Å². The molecule has 0 saturated heterocycles.